The average Bonchev–Trinajstić information content (AvgIpc) is 2.38. The van der Waals surface area contributed by atoms with E-state index in [0.717, 1.165) is 12.2 Å². The zero-order valence-electron chi connectivity index (χ0n) is 10.5. The third kappa shape index (κ3) is 4.06. The smallest absolute Gasteiger partial charge is 0.325 e. The Bertz CT molecular complexity index is 356. The molecule has 1 rings (SSSR count). The molecule has 1 atom stereocenters. The number of carbonyl (C=O) groups excluding carboxylic acids is 1. The molecule has 0 bridgehead atoms. The Kier molecular flexibility index (Phi) is 5.51. The minimum Gasteiger partial charge on any atom is -0.468 e. The van der Waals surface area contributed by atoms with Gasteiger partial charge in [0.15, 0.2) is 0 Å². The van der Waals surface area contributed by atoms with E-state index in [2.05, 4.69) is 17.4 Å². The monoisotopic (exact) mass is 253 g/mol. The van der Waals surface area contributed by atoms with E-state index in [1.54, 1.807) is 18.8 Å². The summed E-state index contributed by atoms with van der Waals surface area (Å²) in [5, 5.41) is 3.03. The van der Waals surface area contributed by atoms with Crippen LogP contribution in [0.4, 0.5) is 0 Å². The van der Waals surface area contributed by atoms with Crippen molar-refractivity contribution in [2.75, 3.05) is 19.9 Å². The van der Waals surface area contributed by atoms with Crippen LogP contribution < -0.4 is 5.32 Å². The molecule has 0 saturated carbocycles. The number of hydrogen-bond acceptors (Lipinski definition) is 4. The summed E-state index contributed by atoms with van der Waals surface area (Å²) < 4.78 is 4.80. The average molecular weight is 253 g/mol. The third-order valence-corrected chi connectivity index (χ3v) is 3.82. The van der Waals surface area contributed by atoms with Crippen molar-refractivity contribution in [1.82, 2.24) is 5.32 Å². The lowest BCUT2D eigenvalue weighted by Gasteiger charge is -2.25. The quantitative estimate of drug-likeness (QED) is 0.624. The van der Waals surface area contributed by atoms with Crippen molar-refractivity contribution in [3.63, 3.8) is 0 Å². The van der Waals surface area contributed by atoms with Crippen LogP contribution in [0.25, 0.3) is 0 Å². The van der Waals surface area contributed by atoms with Gasteiger partial charge >= 0.3 is 5.97 Å². The Morgan fingerprint density at radius 2 is 2.06 bits per heavy atom. The highest BCUT2D eigenvalue weighted by atomic mass is 32.2. The molecule has 1 aromatic rings. The fraction of sp³-hybridized carbons (Fsp3) is 0.462. The summed E-state index contributed by atoms with van der Waals surface area (Å²) in [7, 11) is 3.20. The molecule has 0 saturated heterocycles. The summed E-state index contributed by atoms with van der Waals surface area (Å²) in [6, 6.07) is 10.2. The lowest BCUT2D eigenvalue weighted by Crippen LogP contribution is -2.48. The fourth-order valence-electron chi connectivity index (χ4n) is 1.44. The maximum atomic E-state index is 11.6. The molecule has 0 aliphatic rings. The van der Waals surface area contributed by atoms with E-state index in [4.69, 9.17) is 4.74 Å². The molecule has 0 amide bonds. The summed E-state index contributed by atoms with van der Waals surface area (Å²) >= 11 is 1.74. The number of esters is 1. The molecule has 94 valence electrons. The van der Waals surface area contributed by atoms with Gasteiger partial charge in [-0.05, 0) is 32.5 Å². The Labute approximate surface area is 107 Å². The second-order valence-electron chi connectivity index (χ2n) is 3.99. The van der Waals surface area contributed by atoms with Gasteiger partial charge in [-0.15, -0.1) is 11.8 Å². The van der Waals surface area contributed by atoms with Crippen LogP contribution in [0.2, 0.25) is 0 Å². The molecule has 0 heterocycles. The lowest BCUT2D eigenvalue weighted by molar-refractivity contribution is -0.147. The molecule has 1 N–H and O–H groups in total. The van der Waals surface area contributed by atoms with Crippen molar-refractivity contribution in [2.24, 2.45) is 0 Å². The van der Waals surface area contributed by atoms with Gasteiger partial charge in [0.25, 0.3) is 0 Å². The van der Waals surface area contributed by atoms with Crippen molar-refractivity contribution in [3.05, 3.63) is 30.3 Å². The molecule has 0 radical (unpaired) electrons. The molecule has 0 spiro atoms. The van der Waals surface area contributed by atoms with Crippen molar-refractivity contribution < 1.29 is 9.53 Å². The van der Waals surface area contributed by atoms with Gasteiger partial charge in [-0.2, -0.15) is 0 Å². The molecule has 0 aromatic heterocycles. The number of rotatable bonds is 6. The van der Waals surface area contributed by atoms with E-state index in [1.807, 2.05) is 25.1 Å². The molecular weight excluding hydrogens is 234 g/mol. The van der Waals surface area contributed by atoms with E-state index >= 15 is 0 Å². The molecule has 0 aliphatic heterocycles. The predicted octanol–water partition coefficient (Wildman–Crippen LogP) is 2.32. The zero-order valence-corrected chi connectivity index (χ0v) is 11.3. The van der Waals surface area contributed by atoms with Gasteiger partial charge < -0.3 is 10.1 Å². The fourth-order valence-corrected chi connectivity index (χ4v) is 2.54. The van der Waals surface area contributed by atoms with Crippen molar-refractivity contribution >= 4 is 17.7 Å². The lowest BCUT2D eigenvalue weighted by atomic mass is 10.00. The Balaban J connectivity index is 2.46. The van der Waals surface area contributed by atoms with E-state index in [-0.39, 0.29) is 5.97 Å². The topological polar surface area (TPSA) is 38.3 Å². The van der Waals surface area contributed by atoms with Crippen LogP contribution in [-0.2, 0) is 9.53 Å². The minimum absolute atomic E-state index is 0.214. The first kappa shape index (κ1) is 14.1. The largest absolute Gasteiger partial charge is 0.468 e. The Hall–Kier alpha value is -1.00. The molecule has 17 heavy (non-hydrogen) atoms. The van der Waals surface area contributed by atoms with Gasteiger partial charge in [-0.1, -0.05) is 18.2 Å². The number of ether oxygens (including phenoxy) is 1. The van der Waals surface area contributed by atoms with Crippen LogP contribution in [0.1, 0.15) is 13.3 Å². The van der Waals surface area contributed by atoms with E-state index < -0.39 is 5.54 Å². The van der Waals surface area contributed by atoms with E-state index in [9.17, 15) is 4.79 Å². The van der Waals surface area contributed by atoms with E-state index in [0.29, 0.717) is 0 Å². The standard InChI is InChI=1S/C13H19NO2S/c1-13(14-2,12(15)16-3)9-10-17-11-7-5-4-6-8-11/h4-8,14H,9-10H2,1-3H3. The number of carbonyl (C=O) groups is 1. The zero-order chi connectivity index (χ0) is 12.7. The number of benzene rings is 1. The molecule has 1 unspecified atom stereocenters. The predicted molar refractivity (Wildman–Crippen MR) is 71.3 cm³/mol. The van der Waals surface area contributed by atoms with Gasteiger partial charge in [0.1, 0.15) is 5.54 Å². The molecular formula is C13H19NO2S. The number of hydrogen-bond donors (Lipinski definition) is 1. The van der Waals surface area contributed by atoms with Crippen molar-refractivity contribution in [2.45, 2.75) is 23.8 Å². The summed E-state index contributed by atoms with van der Waals surface area (Å²) in [6.45, 7) is 1.87. The van der Waals surface area contributed by atoms with Crippen LogP contribution in [0, 0.1) is 0 Å². The number of likely N-dealkylation sites (N-methyl/N-ethyl adjacent to an activating group) is 1. The normalized spacial score (nSPS) is 14.1. The Morgan fingerprint density at radius 3 is 2.59 bits per heavy atom. The van der Waals surface area contributed by atoms with Crippen LogP contribution in [0.5, 0.6) is 0 Å². The summed E-state index contributed by atoms with van der Waals surface area (Å²) in [5.74, 6) is 0.657. The van der Waals surface area contributed by atoms with E-state index in [1.165, 1.54) is 12.0 Å². The summed E-state index contributed by atoms with van der Waals surface area (Å²) in [5.41, 5.74) is -0.601. The molecule has 0 aliphatic carbocycles. The SMILES string of the molecule is CNC(C)(CCSc1ccccc1)C(=O)OC. The van der Waals surface area contributed by atoms with Crippen molar-refractivity contribution in [3.8, 4) is 0 Å². The molecule has 3 nitrogen and oxygen atoms in total. The Morgan fingerprint density at radius 1 is 1.41 bits per heavy atom. The highest BCUT2D eigenvalue weighted by molar-refractivity contribution is 7.99. The first-order valence-electron chi connectivity index (χ1n) is 5.57. The minimum atomic E-state index is -0.601. The maximum absolute atomic E-state index is 11.6. The maximum Gasteiger partial charge on any atom is 0.325 e. The first-order chi connectivity index (χ1) is 8.12. The highest BCUT2D eigenvalue weighted by Gasteiger charge is 2.31. The molecule has 1 aromatic carbocycles. The second-order valence-corrected chi connectivity index (χ2v) is 5.15. The highest BCUT2D eigenvalue weighted by Crippen LogP contribution is 2.22. The van der Waals surface area contributed by atoms with Gasteiger partial charge in [-0.3, -0.25) is 4.79 Å². The number of nitrogens with one attached hydrogen (secondary N) is 1. The summed E-state index contributed by atoms with van der Waals surface area (Å²) in [4.78, 5) is 12.8. The summed E-state index contributed by atoms with van der Waals surface area (Å²) in [6.07, 6.45) is 0.732. The van der Waals surface area contributed by atoms with Gasteiger partial charge in [0, 0.05) is 10.6 Å². The van der Waals surface area contributed by atoms with Crippen LogP contribution in [-0.4, -0.2) is 31.4 Å². The molecule has 0 fully saturated rings. The van der Waals surface area contributed by atoms with Crippen LogP contribution in [0.15, 0.2) is 35.2 Å². The molecule has 4 heteroatoms. The number of methoxy groups -OCH3 is 1. The second kappa shape index (κ2) is 6.67. The van der Waals surface area contributed by atoms with Gasteiger partial charge in [0.05, 0.1) is 7.11 Å². The van der Waals surface area contributed by atoms with Gasteiger partial charge in [0.2, 0.25) is 0 Å². The van der Waals surface area contributed by atoms with Crippen LogP contribution in [0.3, 0.4) is 0 Å². The van der Waals surface area contributed by atoms with Crippen LogP contribution >= 0.6 is 11.8 Å². The first-order valence-corrected chi connectivity index (χ1v) is 6.56. The third-order valence-electron chi connectivity index (χ3n) is 2.80. The number of thioether (sulfide) groups is 1. The van der Waals surface area contributed by atoms with Crippen molar-refractivity contribution in [1.29, 1.82) is 0 Å². The van der Waals surface area contributed by atoms with Gasteiger partial charge in [-0.25, -0.2) is 0 Å².